The van der Waals surface area contributed by atoms with Gasteiger partial charge in [0.2, 0.25) is 5.95 Å². The summed E-state index contributed by atoms with van der Waals surface area (Å²) >= 11 is 0. The normalized spacial score (nSPS) is 18.6. The van der Waals surface area contributed by atoms with Crippen LogP contribution in [0.1, 0.15) is 58.2 Å². The minimum Gasteiger partial charge on any atom is -0.508 e. The summed E-state index contributed by atoms with van der Waals surface area (Å²) in [5.74, 6) is 1.28. The quantitative estimate of drug-likeness (QED) is 0.479. The molecule has 2 heterocycles. The van der Waals surface area contributed by atoms with Crippen LogP contribution in [0, 0.1) is 5.92 Å². The maximum Gasteiger partial charge on any atom is 0.410 e. The number of benzene rings is 1. The topological polar surface area (TPSA) is 99.6 Å². The number of nitrogens with one attached hydrogen (secondary N) is 2. The minimum absolute atomic E-state index is 0.224. The van der Waals surface area contributed by atoms with Gasteiger partial charge in [-0.2, -0.15) is 0 Å². The van der Waals surface area contributed by atoms with Gasteiger partial charge in [0.1, 0.15) is 11.4 Å². The molecule has 4 rings (SSSR count). The molecular formula is C29H39N5O3. The Bertz CT molecular complexity index is 1130. The highest BCUT2D eigenvalue weighted by molar-refractivity contribution is 5.74. The summed E-state index contributed by atoms with van der Waals surface area (Å²) in [6.07, 6.45) is 9.55. The number of carbonyl (C=O) groups is 1. The summed E-state index contributed by atoms with van der Waals surface area (Å²) < 4.78 is 5.52. The standard InChI is InChI=1S/C29H39N5O3/c1-20-5-8-22(19-26(20)32-23-13-17-34(18-14-23)28(36)37-29(2,3)4)25-12-16-31-27(33-25)30-15-11-21-6-9-24(35)10-7-21/h6-10,12,16,19-20,23,32,35H,5,11,13-15,17-18H2,1-4H3,(H,30,31,33). The van der Waals surface area contributed by atoms with Gasteiger partial charge < -0.3 is 25.4 Å². The molecule has 1 amide bonds. The van der Waals surface area contributed by atoms with Crippen molar-refractivity contribution in [3.05, 3.63) is 65.6 Å². The Morgan fingerprint density at radius 3 is 2.59 bits per heavy atom. The Morgan fingerprint density at radius 2 is 1.89 bits per heavy atom. The van der Waals surface area contributed by atoms with Crippen molar-refractivity contribution in [1.29, 1.82) is 0 Å². The number of allylic oxidation sites excluding steroid dienone is 4. The Hall–Kier alpha value is -3.55. The second kappa shape index (κ2) is 11.7. The maximum absolute atomic E-state index is 12.4. The zero-order valence-corrected chi connectivity index (χ0v) is 22.3. The van der Waals surface area contributed by atoms with Gasteiger partial charge in [-0.15, -0.1) is 0 Å². The van der Waals surface area contributed by atoms with Crippen LogP contribution in [0.2, 0.25) is 0 Å². The number of amides is 1. The number of aromatic nitrogens is 2. The molecule has 0 saturated carbocycles. The van der Waals surface area contributed by atoms with Gasteiger partial charge in [-0.3, -0.25) is 0 Å². The summed E-state index contributed by atoms with van der Waals surface area (Å²) in [7, 11) is 0. The average molecular weight is 506 g/mol. The molecule has 2 aromatic rings. The summed E-state index contributed by atoms with van der Waals surface area (Å²) in [5.41, 5.74) is 3.87. The van der Waals surface area contributed by atoms with Crippen LogP contribution >= 0.6 is 0 Å². The monoisotopic (exact) mass is 505 g/mol. The van der Waals surface area contributed by atoms with E-state index in [9.17, 15) is 9.90 Å². The van der Waals surface area contributed by atoms with Gasteiger partial charge in [0.25, 0.3) is 0 Å². The van der Waals surface area contributed by atoms with Crippen LogP contribution in [-0.4, -0.2) is 57.3 Å². The number of carbonyl (C=O) groups excluding carboxylic acids is 1. The van der Waals surface area contributed by atoms with Crippen molar-refractivity contribution in [3.63, 3.8) is 0 Å². The van der Waals surface area contributed by atoms with Crippen LogP contribution in [0.25, 0.3) is 5.57 Å². The molecule has 0 radical (unpaired) electrons. The van der Waals surface area contributed by atoms with Crippen LogP contribution in [0.15, 0.2) is 54.4 Å². The molecule has 0 spiro atoms. The maximum atomic E-state index is 12.4. The van der Waals surface area contributed by atoms with Gasteiger partial charge in [-0.25, -0.2) is 14.8 Å². The van der Waals surface area contributed by atoms with Gasteiger partial charge in [0.15, 0.2) is 0 Å². The van der Waals surface area contributed by atoms with E-state index >= 15 is 0 Å². The molecule has 1 aromatic carbocycles. The Kier molecular flexibility index (Phi) is 8.36. The predicted molar refractivity (Wildman–Crippen MR) is 146 cm³/mol. The number of hydrogen-bond donors (Lipinski definition) is 3. The molecule has 1 atom stereocenters. The van der Waals surface area contributed by atoms with E-state index in [1.807, 2.05) is 43.9 Å². The molecule has 198 valence electrons. The van der Waals surface area contributed by atoms with E-state index in [1.54, 1.807) is 18.3 Å². The van der Waals surface area contributed by atoms with E-state index in [0.717, 1.165) is 42.5 Å². The van der Waals surface area contributed by atoms with E-state index < -0.39 is 5.60 Å². The van der Waals surface area contributed by atoms with Crippen LogP contribution in [0.4, 0.5) is 10.7 Å². The first-order valence-electron chi connectivity index (χ1n) is 13.2. The Labute approximate surface area is 219 Å². The largest absolute Gasteiger partial charge is 0.508 e. The van der Waals surface area contributed by atoms with Gasteiger partial charge in [-0.05, 0) is 87.8 Å². The van der Waals surface area contributed by atoms with E-state index in [-0.39, 0.29) is 11.8 Å². The second-order valence-corrected chi connectivity index (χ2v) is 10.9. The fraction of sp³-hybridized carbons (Fsp3) is 0.483. The number of hydrogen-bond acceptors (Lipinski definition) is 7. The van der Waals surface area contributed by atoms with Crippen molar-refractivity contribution in [2.75, 3.05) is 25.0 Å². The highest BCUT2D eigenvalue weighted by Gasteiger charge is 2.28. The third kappa shape index (κ3) is 7.71. The first kappa shape index (κ1) is 26.5. The smallest absolute Gasteiger partial charge is 0.410 e. The lowest BCUT2D eigenvalue weighted by Crippen LogP contribution is -2.46. The summed E-state index contributed by atoms with van der Waals surface area (Å²) in [4.78, 5) is 23.3. The summed E-state index contributed by atoms with van der Waals surface area (Å²) in [6.45, 7) is 10.0. The number of piperidine rings is 1. The Balaban J connectivity index is 1.32. The van der Waals surface area contributed by atoms with Crippen molar-refractivity contribution >= 4 is 17.6 Å². The fourth-order valence-electron chi connectivity index (χ4n) is 4.52. The average Bonchev–Trinajstić information content (AvgIpc) is 2.86. The van der Waals surface area contributed by atoms with E-state index in [4.69, 9.17) is 9.72 Å². The second-order valence-electron chi connectivity index (χ2n) is 10.9. The number of ether oxygens (including phenoxy) is 1. The molecule has 2 aliphatic rings. The highest BCUT2D eigenvalue weighted by Crippen LogP contribution is 2.28. The molecule has 1 saturated heterocycles. The molecular weight excluding hydrogens is 466 g/mol. The fourth-order valence-corrected chi connectivity index (χ4v) is 4.52. The van der Waals surface area contributed by atoms with Gasteiger partial charge in [0.05, 0.1) is 5.69 Å². The van der Waals surface area contributed by atoms with Crippen molar-refractivity contribution < 1.29 is 14.6 Å². The third-order valence-corrected chi connectivity index (χ3v) is 6.64. The number of phenolic OH excluding ortho intramolecular Hbond substituents is 1. The molecule has 0 bridgehead atoms. The first-order valence-corrected chi connectivity index (χ1v) is 13.2. The summed E-state index contributed by atoms with van der Waals surface area (Å²) in [5, 5.41) is 16.5. The van der Waals surface area contributed by atoms with E-state index in [0.29, 0.717) is 37.5 Å². The number of nitrogens with zero attached hydrogens (tertiary/aromatic N) is 3. The number of likely N-dealkylation sites (tertiary alicyclic amines) is 1. The van der Waals surface area contributed by atoms with Gasteiger partial charge in [0, 0.05) is 37.6 Å². The van der Waals surface area contributed by atoms with Crippen molar-refractivity contribution in [2.45, 2.75) is 65.0 Å². The third-order valence-electron chi connectivity index (χ3n) is 6.64. The molecule has 3 N–H and O–H groups in total. The number of anilines is 1. The van der Waals surface area contributed by atoms with Crippen LogP contribution < -0.4 is 10.6 Å². The van der Waals surface area contributed by atoms with Crippen molar-refractivity contribution in [3.8, 4) is 5.75 Å². The van der Waals surface area contributed by atoms with E-state index in [2.05, 4.69) is 34.7 Å². The number of aromatic hydroxyl groups is 1. The van der Waals surface area contributed by atoms with Crippen molar-refractivity contribution in [2.24, 2.45) is 5.92 Å². The van der Waals surface area contributed by atoms with Gasteiger partial charge in [-0.1, -0.05) is 25.1 Å². The minimum atomic E-state index is -0.472. The zero-order chi connectivity index (χ0) is 26.4. The highest BCUT2D eigenvalue weighted by atomic mass is 16.6. The SMILES string of the molecule is CC1CC=C(c2ccnc(NCCc3ccc(O)cc3)n2)C=C1NC1CCN(C(=O)OC(C)(C)C)CC1. The summed E-state index contributed by atoms with van der Waals surface area (Å²) in [6, 6.07) is 9.51. The number of rotatable bonds is 7. The van der Waals surface area contributed by atoms with Crippen LogP contribution in [0.3, 0.4) is 0 Å². The van der Waals surface area contributed by atoms with Crippen molar-refractivity contribution in [1.82, 2.24) is 20.2 Å². The predicted octanol–water partition coefficient (Wildman–Crippen LogP) is 5.13. The molecule has 1 aliphatic heterocycles. The van der Waals surface area contributed by atoms with Crippen LogP contribution in [0.5, 0.6) is 5.75 Å². The van der Waals surface area contributed by atoms with Crippen LogP contribution in [-0.2, 0) is 11.2 Å². The lowest BCUT2D eigenvalue weighted by atomic mass is 9.92. The molecule has 1 unspecified atom stereocenters. The molecule has 8 nitrogen and oxygen atoms in total. The zero-order valence-electron chi connectivity index (χ0n) is 22.3. The molecule has 1 aromatic heterocycles. The Morgan fingerprint density at radius 1 is 1.16 bits per heavy atom. The molecule has 1 fully saturated rings. The lowest BCUT2D eigenvalue weighted by Gasteiger charge is -2.35. The lowest BCUT2D eigenvalue weighted by molar-refractivity contribution is 0.0200. The van der Waals surface area contributed by atoms with E-state index in [1.165, 1.54) is 5.70 Å². The molecule has 8 heteroatoms. The first-order chi connectivity index (χ1) is 17.7. The van der Waals surface area contributed by atoms with Gasteiger partial charge >= 0.3 is 6.09 Å². The number of phenols is 1. The molecule has 1 aliphatic carbocycles. The molecule has 37 heavy (non-hydrogen) atoms.